The lowest BCUT2D eigenvalue weighted by Crippen LogP contribution is -2.24. The van der Waals surface area contributed by atoms with E-state index in [9.17, 15) is 9.18 Å². The first-order valence-electron chi connectivity index (χ1n) is 5.73. The summed E-state index contributed by atoms with van der Waals surface area (Å²) in [7, 11) is 0. The Balaban J connectivity index is 2.06. The van der Waals surface area contributed by atoms with E-state index >= 15 is 0 Å². The summed E-state index contributed by atoms with van der Waals surface area (Å²) >= 11 is 5.80. The van der Waals surface area contributed by atoms with Crippen LogP contribution in [-0.2, 0) is 13.2 Å². The zero-order valence-electron chi connectivity index (χ0n) is 10.3. The van der Waals surface area contributed by atoms with Crippen LogP contribution in [0.4, 0.5) is 4.39 Å². The molecule has 0 spiro atoms. The minimum Gasteiger partial charge on any atom is -0.392 e. The number of rotatable bonds is 4. The zero-order valence-corrected chi connectivity index (χ0v) is 11.1. The van der Waals surface area contributed by atoms with E-state index < -0.39 is 18.3 Å². The highest BCUT2D eigenvalue weighted by Gasteiger charge is 2.11. The second kappa shape index (κ2) is 6.40. The zero-order chi connectivity index (χ0) is 14.5. The first kappa shape index (κ1) is 14.4. The number of aliphatic hydroxyl groups is 1. The summed E-state index contributed by atoms with van der Waals surface area (Å²) in [5.41, 5.74) is 0.914. The van der Waals surface area contributed by atoms with Crippen LogP contribution in [0.3, 0.4) is 0 Å². The molecule has 2 rings (SSSR count). The Morgan fingerprint density at radius 1 is 1.45 bits per heavy atom. The summed E-state index contributed by atoms with van der Waals surface area (Å²) in [4.78, 5) is 19.3. The van der Waals surface area contributed by atoms with Crippen molar-refractivity contribution >= 4 is 17.5 Å². The third-order valence-electron chi connectivity index (χ3n) is 2.62. The van der Waals surface area contributed by atoms with Gasteiger partial charge in [-0.3, -0.25) is 4.79 Å². The van der Waals surface area contributed by atoms with Gasteiger partial charge in [0.2, 0.25) is 0 Å². The molecule has 2 aromatic rings. The summed E-state index contributed by atoms with van der Waals surface area (Å²) in [6.45, 7) is -0.224. The minimum absolute atomic E-state index is 0.0751. The van der Waals surface area contributed by atoms with Gasteiger partial charge < -0.3 is 10.4 Å². The number of benzene rings is 1. The van der Waals surface area contributed by atoms with Gasteiger partial charge in [-0.1, -0.05) is 17.7 Å². The summed E-state index contributed by atoms with van der Waals surface area (Å²) in [5, 5.41) is 11.7. The molecular formula is C13H11ClFN3O2. The number of nitrogens with zero attached hydrogens (tertiary/aromatic N) is 2. The maximum absolute atomic E-state index is 13.2. The van der Waals surface area contributed by atoms with Gasteiger partial charge in [-0.15, -0.1) is 0 Å². The van der Waals surface area contributed by atoms with Crippen molar-refractivity contribution in [1.29, 1.82) is 0 Å². The number of hydrogen-bond acceptors (Lipinski definition) is 4. The molecule has 0 aliphatic carbocycles. The third kappa shape index (κ3) is 3.28. The van der Waals surface area contributed by atoms with Gasteiger partial charge >= 0.3 is 0 Å². The van der Waals surface area contributed by atoms with E-state index in [1.54, 1.807) is 0 Å². The van der Waals surface area contributed by atoms with Gasteiger partial charge in [-0.25, -0.2) is 14.4 Å². The average Bonchev–Trinajstić information content (AvgIpc) is 2.46. The van der Waals surface area contributed by atoms with Crippen LogP contribution in [0.1, 0.15) is 21.6 Å². The molecule has 2 N–H and O–H groups in total. The summed E-state index contributed by atoms with van der Waals surface area (Å²) < 4.78 is 13.2. The van der Waals surface area contributed by atoms with Crippen LogP contribution in [-0.4, -0.2) is 21.0 Å². The van der Waals surface area contributed by atoms with Crippen LogP contribution in [0.5, 0.6) is 0 Å². The largest absolute Gasteiger partial charge is 0.392 e. The number of carbonyl (C=O) groups excluding carboxylic acids is 1. The fourth-order valence-corrected chi connectivity index (χ4v) is 1.80. The van der Waals surface area contributed by atoms with Crippen molar-refractivity contribution in [3.63, 3.8) is 0 Å². The topological polar surface area (TPSA) is 75.1 Å². The van der Waals surface area contributed by atoms with Crippen molar-refractivity contribution < 1.29 is 14.3 Å². The van der Waals surface area contributed by atoms with Crippen molar-refractivity contribution in [2.75, 3.05) is 0 Å². The Kier molecular flexibility index (Phi) is 4.60. The van der Waals surface area contributed by atoms with Gasteiger partial charge in [0.1, 0.15) is 17.8 Å². The Morgan fingerprint density at radius 3 is 2.95 bits per heavy atom. The van der Waals surface area contributed by atoms with E-state index in [0.717, 1.165) is 0 Å². The number of nitrogens with one attached hydrogen (secondary N) is 1. The van der Waals surface area contributed by atoms with Crippen molar-refractivity contribution in [2.45, 2.75) is 13.2 Å². The Hall–Kier alpha value is -2.05. The third-order valence-corrected chi connectivity index (χ3v) is 2.89. The van der Waals surface area contributed by atoms with E-state index in [0.29, 0.717) is 5.56 Å². The van der Waals surface area contributed by atoms with Crippen LogP contribution in [0.15, 0.2) is 30.7 Å². The summed E-state index contributed by atoms with van der Waals surface area (Å²) in [6.07, 6.45) is 2.55. The standard InChI is InChI=1S/C13H11ClFN3O2/c14-10-5-16-7-18-12(10)13(20)17-4-8-1-2-11(15)9(3-8)6-19/h1-3,5,7,19H,4,6H2,(H,17,20). The fourth-order valence-electron chi connectivity index (χ4n) is 1.61. The Bertz CT molecular complexity index is 637. The summed E-state index contributed by atoms with van der Waals surface area (Å²) in [5.74, 6) is -0.936. The van der Waals surface area contributed by atoms with Crippen molar-refractivity contribution in [3.8, 4) is 0 Å². The lowest BCUT2D eigenvalue weighted by Gasteiger charge is -2.07. The Morgan fingerprint density at radius 2 is 2.25 bits per heavy atom. The first-order chi connectivity index (χ1) is 9.61. The van der Waals surface area contributed by atoms with Gasteiger partial charge in [0.15, 0.2) is 0 Å². The van der Waals surface area contributed by atoms with Crippen molar-refractivity contribution in [3.05, 3.63) is 58.4 Å². The molecular weight excluding hydrogens is 285 g/mol. The van der Waals surface area contributed by atoms with Gasteiger partial charge in [-0.2, -0.15) is 0 Å². The van der Waals surface area contributed by atoms with Gasteiger partial charge in [-0.05, 0) is 17.7 Å². The highest BCUT2D eigenvalue weighted by atomic mass is 35.5. The van der Waals surface area contributed by atoms with Crippen LogP contribution in [0, 0.1) is 5.82 Å². The fraction of sp³-hybridized carbons (Fsp3) is 0.154. The van der Waals surface area contributed by atoms with Crippen molar-refractivity contribution in [1.82, 2.24) is 15.3 Å². The van der Waals surface area contributed by atoms with E-state index in [-0.39, 0.29) is 22.8 Å². The molecule has 7 heteroatoms. The average molecular weight is 296 g/mol. The molecule has 0 aliphatic rings. The van der Waals surface area contributed by atoms with Crippen LogP contribution in [0.25, 0.3) is 0 Å². The molecule has 0 fully saturated rings. The van der Waals surface area contributed by atoms with Crippen LogP contribution in [0.2, 0.25) is 5.02 Å². The molecule has 0 saturated heterocycles. The second-order valence-corrected chi connectivity index (χ2v) is 4.39. The predicted octanol–water partition coefficient (Wildman–Crippen LogP) is 1.69. The van der Waals surface area contributed by atoms with Crippen molar-refractivity contribution in [2.24, 2.45) is 0 Å². The smallest absolute Gasteiger partial charge is 0.271 e. The molecule has 0 aliphatic heterocycles. The lowest BCUT2D eigenvalue weighted by molar-refractivity contribution is 0.0946. The maximum atomic E-state index is 13.2. The molecule has 104 valence electrons. The molecule has 5 nitrogen and oxygen atoms in total. The summed E-state index contributed by atoms with van der Waals surface area (Å²) in [6, 6.07) is 4.25. The van der Waals surface area contributed by atoms with Gasteiger partial charge in [0.25, 0.3) is 5.91 Å². The molecule has 1 aromatic heterocycles. The quantitative estimate of drug-likeness (QED) is 0.900. The molecule has 1 amide bonds. The highest BCUT2D eigenvalue weighted by molar-refractivity contribution is 6.33. The Labute approximate surface area is 119 Å². The van der Waals surface area contributed by atoms with E-state index in [2.05, 4.69) is 15.3 Å². The monoisotopic (exact) mass is 295 g/mol. The molecule has 0 atom stereocenters. The molecule has 1 heterocycles. The minimum atomic E-state index is -0.485. The second-order valence-electron chi connectivity index (χ2n) is 3.99. The number of aliphatic hydroxyl groups excluding tert-OH is 1. The van der Waals surface area contributed by atoms with E-state index in [4.69, 9.17) is 16.7 Å². The molecule has 20 heavy (non-hydrogen) atoms. The number of aromatic nitrogens is 2. The van der Waals surface area contributed by atoms with Crippen LogP contribution >= 0.6 is 11.6 Å². The molecule has 0 bridgehead atoms. The number of carbonyl (C=O) groups is 1. The lowest BCUT2D eigenvalue weighted by atomic mass is 10.1. The highest BCUT2D eigenvalue weighted by Crippen LogP contribution is 2.12. The molecule has 0 saturated carbocycles. The van der Waals surface area contributed by atoms with Gasteiger partial charge in [0.05, 0.1) is 11.6 Å². The van der Waals surface area contributed by atoms with Crippen LogP contribution < -0.4 is 5.32 Å². The molecule has 1 aromatic carbocycles. The predicted molar refractivity (Wildman–Crippen MR) is 70.5 cm³/mol. The molecule has 0 radical (unpaired) electrons. The normalized spacial score (nSPS) is 10.3. The maximum Gasteiger partial charge on any atom is 0.271 e. The number of amides is 1. The first-order valence-corrected chi connectivity index (χ1v) is 6.11. The van der Waals surface area contributed by atoms with E-state index in [1.807, 2.05) is 0 Å². The van der Waals surface area contributed by atoms with E-state index in [1.165, 1.54) is 30.7 Å². The molecule has 0 unspecified atom stereocenters. The number of halogens is 2. The SMILES string of the molecule is O=C(NCc1ccc(F)c(CO)c1)c1ncncc1Cl. The number of hydrogen-bond donors (Lipinski definition) is 2. The van der Waals surface area contributed by atoms with Gasteiger partial charge in [0, 0.05) is 18.3 Å².